The Kier molecular flexibility index (Phi) is 6.58. The molecule has 0 aliphatic rings. The molecule has 1 heterocycles. The number of anilines is 2. The lowest BCUT2D eigenvalue weighted by molar-refractivity contribution is 0.191. The first-order chi connectivity index (χ1) is 13.7. The van der Waals surface area contributed by atoms with E-state index in [1.54, 1.807) is 12.1 Å². The van der Waals surface area contributed by atoms with E-state index in [-0.39, 0.29) is 13.1 Å². The van der Waals surface area contributed by atoms with E-state index in [1.807, 2.05) is 60.7 Å². The lowest BCUT2D eigenvalue weighted by atomic mass is 10.1. The molecule has 3 aromatic rings. The molecule has 2 aromatic carbocycles. The molecule has 0 bridgehead atoms. The van der Waals surface area contributed by atoms with Crippen molar-refractivity contribution in [1.29, 1.82) is 5.26 Å². The molecular formula is C22H22N4O2. The summed E-state index contributed by atoms with van der Waals surface area (Å²) < 4.78 is 0. The van der Waals surface area contributed by atoms with Crippen molar-refractivity contribution in [2.45, 2.75) is 12.2 Å². The molecule has 6 heteroatoms. The van der Waals surface area contributed by atoms with E-state index in [0.29, 0.717) is 17.2 Å². The molecule has 28 heavy (non-hydrogen) atoms. The Balaban J connectivity index is 1.64. The molecule has 2 atom stereocenters. The summed E-state index contributed by atoms with van der Waals surface area (Å²) >= 11 is 0. The Morgan fingerprint density at radius 1 is 0.786 bits per heavy atom. The molecule has 0 saturated heterocycles. The minimum atomic E-state index is -0.717. The summed E-state index contributed by atoms with van der Waals surface area (Å²) in [6.45, 7) is 0.511. The van der Waals surface area contributed by atoms with Gasteiger partial charge in [0, 0.05) is 13.1 Å². The van der Waals surface area contributed by atoms with Crippen molar-refractivity contribution in [1.82, 2.24) is 4.98 Å². The van der Waals surface area contributed by atoms with E-state index in [0.717, 1.165) is 11.1 Å². The van der Waals surface area contributed by atoms with Crippen LogP contribution in [-0.4, -0.2) is 28.3 Å². The second kappa shape index (κ2) is 9.51. The fraction of sp³-hybridized carbons (Fsp3) is 0.182. The van der Waals surface area contributed by atoms with E-state index >= 15 is 0 Å². The third kappa shape index (κ3) is 5.07. The fourth-order valence-electron chi connectivity index (χ4n) is 2.76. The van der Waals surface area contributed by atoms with Gasteiger partial charge in [-0.15, -0.1) is 0 Å². The number of aliphatic hydroxyl groups is 2. The Labute approximate surface area is 164 Å². The van der Waals surface area contributed by atoms with Crippen molar-refractivity contribution in [3.63, 3.8) is 0 Å². The molecule has 2 unspecified atom stereocenters. The lowest BCUT2D eigenvalue weighted by Crippen LogP contribution is -2.16. The third-order valence-corrected chi connectivity index (χ3v) is 4.32. The molecule has 0 radical (unpaired) electrons. The van der Waals surface area contributed by atoms with Gasteiger partial charge in [0.15, 0.2) is 0 Å². The van der Waals surface area contributed by atoms with Gasteiger partial charge in [-0.25, -0.2) is 4.98 Å². The van der Waals surface area contributed by atoms with Crippen LogP contribution >= 0.6 is 0 Å². The van der Waals surface area contributed by atoms with E-state index < -0.39 is 12.2 Å². The Morgan fingerprint density at radius 2 is 1.32 bits per heavy atom. The van der Waals surface area contributed by atoms with Crippen LogP contribution in [0.3, 0.4) is 0 Å². The zero-order valence-electron chi connectivity index (χ0n) is 15.3. The van der Waals surface area contributed by atoms with Crippen LogP contribution in [0.4, 0.5) is 11.6 Å². The van der Waals surface area contributed by atoms with Crippen molar-refractivity contribution in [3.05, 3.63) is 89.5 Å². The minimum absolute atomic E-state index is 0.224. The standard InChI is InChI=1S/C22H22N4O2/c23-13-18-11-12-21(24-14-19(27)16-7-3-1-4-8-16)26-22(18)25-15-20(28)17-9-5-2-6-10-17/h1-12,19-20,27-28H,14-15H2,(H2,24,25,26). The number of nitrogens with one attached hydrogen (secondary N) is 2. The van der Waals surface area contributed by atoms with Crippen molar-refractivity contribution >= 4 is 11.6 Å². The predicted octanol–water partition coefficient (Wildman–Crippen LogP) is 3.24. The van der Waals surface area contributed by atoms with Crippen LogP contribution in [-0.2, 0) is 0 Å². The molecule has 0 spiro atoms. The average molecular weight is 374 g/mol. The summed E-state index contributed by atoms with van der Waals surface area (Å²) in [7, 11) is 0. The summed E-state index contributed by atoms with van der Waals surface area (Å²) in [6.07, 6.45) is -1.39. The first-order valence-corrected chi connectivity index (χ1v) is 9.02. The number of nitrogens with zero attached hydrogens (tertiary/aromatic N) is 2. The first-order valence-electron chi connectivity index (χ1n) is 9.02. The summed E-state index contributed by atoms with van der Waals surface area (Å²) in [5, 5.41) is 36.0. The maximum absolute atomic E-state index is 10.3. The van der Waals surface area contributed by atoms with Gasteiger partial charge in [0.1, 0.15) is 17.7 Å². The Hall–Kier alpha value is -3.40. The Bertz CT molecular complexity index is 926. The van der Waals surface area contributed by atoms with Crippen molar-refractivity contribution in [3.8, 4) is 6.07 Å². The number of aliphatic hydroxyl groups excluding tert-OH is 2. The molecule has 3 rings (SSSR count). The lowest BCUT2D eigenvalue weighted by Gasteiger charge is -2.16. The van der Waals surface area contributed by atoms with Crippen LogP contribution < -0.4 is 10.6 Å². The van der Waals surface area contributed by atoms with Crippen LogP contribution in [0.25, 0.3) is 0 Å². The maximum atomic E-state index is 10.3. The second-order valence-corrected chi connectivity index (χ2v) is 6.32. The molecule has 1 aromatic heterocycles. The van der Waals surface area contributed by atoms with Crippen LogP contribution in [0.2, 0.25) is 0 Å². The van der Waals surface area contributed by atoms with Crippen molar-refractivity contribution < 1.29 is 10.2 Å². The summed E-state index contributed by atoms with van der Waals surface area (Å²) in [4.78, 5) is 4.41. The molecule has 6 nitrogen and oxygen atoms in total. The highest BCUT2D eigenvalue weighted by atomic mass is 16.3. The second-order valence-electron chi connectivity index (χ2n) is 6.32. The predicted molar refractivity (Wildman–Crippen MR) is 109 cm³/mol. The molecule has 0 aliphatic carbocycles. The van der Waals surface area contributed by atoms with Gasteiger partial charge in [0.25, 0.3) is 0 Å². The smallest absolute Gasteiger partial charge is 0.146 e. The average Bonchev–Trinajstić information content (AvgIpc) is 2.77. The van der Waals surface area contributed by atoms with Gasteiger partial charge in [0.05, 0.1) is 17.8 Å². The number of nitriles is 1. The van der Waals surface area contributed by atoms with Crippen LogP contribution in [0.5, 0.6) is 0 Å². The zero-order chi connectivity index (χ0) is 19.8. The highest BCUT2D eigenvalue weighted by molar-refractivity contribution is 5.57. The normalized spacial score (nSPS) is 12.6. The molecule has 142 valence electrons. The third-order valence-electron chi connectivity index (χ3n) is 4.32. The minimum Gasteiger partial charge on any atom is -0.387 e. The topological polar surface area (TPSA) is 101 Å². The summed E-state index contributed by atoms with van der Waals surface area (Å²) in [6, 6.07) is 24.1. The van der Waals surface area contributed by atoms with Crippen LogP contribution in [0.1, 0.15) is 28.9 Å². The van der Waals surface area contributed by atoms with Crippen molar-refractivity contribution in [2.24, 2.45) is 0 Å². The van der Waals surface area contributed by atoms with Crippen LogP contribution in [0, 0.1) is 11.3 Å². The number of hydrogen-bond acceptors (Lipinski definition) is 6. The molecule has 4 N–H and O–H groups in total. The van der Waals surface area contributed by atoms with Gasteiger partial charge in [-0.1, -0.05) is 60.7 Å². The molecular weight excluding hydrogens is 352 g/mol. The van der Waals surface area contributed by atoms with E-state index in [1.165, 1.54) is 0 Å². The number of aromatic nitrogens is 1. The van der Waals surface area contributed by atoms with E-state index in [4.69, 9.17) is 0 Å². The fourth-order valence-corrected chi connectivity index (χ4v) is 2.76. The number of benzene rings is 2. The Morgan fingerprint density at radius 3 is 1.86 bits per heavy atom. The highest BCUT2D eigenvalue weighted by Crippen LogP contribution is 2.19. The molecule has 0 fully saturated rings. The largest absolute Gasteiger partial charge is 0.387 e. The summed E-state index contributed by atoms with van der Waals surface area (Å²) in [5.41, 5.74) is 1.98. The number of pyridine rings is 1. The van der Waals surface area contributed by atoms with Gasteiger partial charge < -0.3 is 20.8 Å². The first kappa shape index (κ1) is 19.4. The quantitative estimate of drug-likeness (QED) is 0.483. The van der Waals surface area contributed by atoms with Gasteiger partial charge in [-0.2, -0.15) is 5.26 Å². The zero-order valence-corrected chi connectivity index (χ0v) is 15.3. The summed E-state index contributed by atoms with van der Waals surface area (Å²) in [5.74, 6) is 0.919. The number of hydrogen-bond donors (Lipinski definition) is 4. The monoisotopic (exact) mass is 374 g/mol. The molecule has 0 aliphatic heterocycles. The van der Waals surface area contributed by atoms with Gasteiger partial charge in [-0.05, 0) is 23.3 Å². The van der Waals surface area contributed by atoms with Gasteiger partial charge >= 0.3 is 0 Å². The SMILES string of the molecule is N#Cc1ccc(NCC(O)c2ccccc2)nc1NCC(O)c1ccccc1. The maximum Gasteiger partial charge on any atom is 0.146 e. The molecule has 0 amide bonds. The van der Waals surface area contributed by atoms with Gasteiger partial charge in [0.2, 0.25) is 0 Å². The molecule has 0 saturated carbocycles. The van der Waals surface area contributed by atoms with E-state index in [2.05, 4.69) is 21.7 Å². The highest BCUT2D eigenvalue weighted by Gasteiger charge is 2.11. The van der Waals surface area contributed by atoms with Crippen LogP contribution in [0.15, 0.2) is 72.8 Å². The van der Waals surface area contributed by atoms with E-state index in [9.17, 15) is 15.5 Å². The van der Waals surface area contributed by atoms with Crippen molar-refractivity contribution in [2.75, 3.05) is 23.7 Å². The van der Waals surface area contributed by atoms with Gasteiger partial charge in [-0.3, -0.25) is 0 Å². The number of rotatable bonds is 8.